The first kappa shape index (κ1) is 19.4. The van der Waals surface area contributed by atoms with Gasteiger partial charge in [-0.25, -0.2) is 14.7 Å². The smallest absolute Gasteiger partial charge is 0.420 e. The van der Waals surface area contributed by atoms with Crippen molar-refractivity contribution in [3.63, 3.8) is 0 Å². The van der Waals surface area contributed by atoms with Crippen LogP contribution in [0.15, 0.2) is 48.7 Å². The number of hydrogen-bond acceptors (Lipinski definition) is 4. The average Bonchev–Trinajstić information content (AvgIpc) is 3.11. The lowest BCUT2D eigenvalue weighted by Crippen LogP contribution is -2.34. The van der Waals surface area contributed by atoms with Gasteiger partial charge in [-0.15, -0.1) is 0 Å². The van der Waals surface area contributed by atoms with Crippen LogP contribution in [0.4, 0.5) is 16.3 Å². The Morgan fingerprint density at radius 2 is 1.96 bits per heavy atom. The van der Waals surface area contributed by atoms with Gasteiger partial charge in [0.15, 0.2) is 0 Å². The Hall–Kier alpha value is -2.40. The molecule has 0 radical (unpaired) electrons. The maximum atomic E-state index is 12.9. The van der Waals surface area contributed by atoms with Crippen LogP contribution >= 0.6 is 0 Å². The number of nitrogens with zero attached hydrogens (tertiary/aromatic N) is 3. The second-order valence-corrected chi connectivity index (χ2v) is 7.89. The molecule has 0 spiro atoms. The summed E-state index contributed by atoms with van der Waals surface area (Å²) in [5.41, 5.74) is 1.37. The summed E-state index contributed by atoms with van der Waals surface area (Å²) in [5.74, 6) is 0.570. The van der Waals surface area contributed by atoms with Gasteiger partial charge >= 0.3 is 6.09 Å². The third-order valence-corrected chi connectivity index (χ3v) is 4.74. The van der Waals surface area contributed by atoms with Crippen LogP contribution in [-0.2, 0) is 4.74 Å². The Morgan fingerprint density at radius 3 is 2.56 bits per heavy atom. The number of aromatic nitrogens is 1. The molecule has 1 saturated heterocycles. The predicted molar refractivity (Wildman–Crippen MR) is 108 cm³/mol. The van der Waals surface area contributed by atoms with E-state index in [0.717, 1.165) is 25.2 Å². The van der Waals surface area contributed by atoms with Crippen molar-refractivity contribution in [2.45, 2.75) is 52.2 Å². The van der Waals surface area contributed by atoms with Crippen LogP contribution in [0.3, 0.4) is 0 Å². The molecule has 144 valence electrons. The van der Waals surface area contributed by atoms with Crippen LogP contribution in [0, 0.1) is 0 Å². The standard InChI is InChI=1S/C22H29N3O2/c1-5-24-15-9-12-19(24)17-13-14-20(23-16-17)25(18-10-7-6-8-11-18)21(26)27-22(2,3)4/h6-8,10-11,13-14,16,19H,5,9,12,15H2,1-4H3. The maximum Gasteiger partial charge on any atom is 0.420 e. The number of carbonyl (C=O) groups excluding carboxylic acids is 1. The van der Waals surface area contributed by atoms with Gasteiger partial charge in [0.25, 0.3) is 0 Å². The minimum atomic E-state index is -0.574. The van der Waals surface area contributed by atoms with Crippen molar-refractivity contribution in [1.82, 2.24) is 9.88 Å². The quantitative estimate of drug-likeness (QED) is 0.734. The molecule has 1 aliphatic rings. The van der Waals surface area contributed by atoms with Crippen LogP contribution < -0.4 is 4.90 Å². The highest BCUT2D eigenvalue weighted by Gasteiger charge is 2.27. The first-order valence-electron chi connectivity index (χ1n) is 9.67. The van der Waals surface area contributed by atoms with E-state index in [-0.39, 0.29) is 0 Å². The molecule has 5 heteroatoms. The van der Waals surface area contributed by atoms with Crippen molar-refractivity contribution < 1.29 is 9.53 Å². The highest BCUT2D eigenvalue weighted by molar-refractivity contribution is 5.95. The number of benzene rings is 1. The molecule has 1 amide bonds. The number of para-hydroxylation sites is 1. The molecular formula is C22H29N3O2. The summed E-state index contributed by atoms with van der Waals surface area (Å²) in [6, 6.07) is 13.9. The van der Waals surface area contributed by atoms with Gasteiger partial charge in [-0.3, -0.25) is 4.90 Å². The zero-order valence-corrected chi connectivity index (χ0v) is 16.7. The Bertz CT molecular complexity index is 753. The number of amides is 1. The van der Waals surface area contributed by atoms with Gasteiger partial charge in [0.2, 0.25) is 0 Å². The van der Waals surface area contributed by atoms with E-state index in [1.54, 1.807) is 0 Å². The fraction of sp³-hybridized carbons (Fsp3) is 0.455. The van der Waals surface area contributed by atoms with Crippen molar-refractivity contribution in [3.8, 4) is 0 Å². The SMILES string of the molecule is CCN1CCCC1c1ccc(N(C(=O)OC(C)(C)C)c2ccccc2)nc1. The fourth-order valence-corrected chi connectivity index (χ4v) is 3.52. The van der Waals surface area contributed by atoms with E-state index in [2.05, 4.69) is 22.9 Å². The maximum absolute atomic E-state index is 12.9. The number of anilines is 2. The average molecular weight is 367 g/mol. The molecule has 5 nitrogen and oxygen atoms in total. The summed E-state index contributed by atoms with van der Waals surface area (Å²) in [6.07, 6.45) is 3.84. The van der Waals surface area contributed by atoms with Gasteiger partial charge in [-0.2, -0.15) is 0 Å². The largest absolute Gasteiger partial charge is 0.443 e. The Kier molecular flexibility index (Phi) is 5.80. The molecule has 0 bridgehead atoms. The zero-order valence-electron chi connectivity index (χ0n) is 16.7. The van der Waals surface area contributed by atoms with Gasteiger partial charge in [-0.1, -0.05) is 31.2 Å². The lowest BCUT2D eigenvalue weighted by molar-refractivity contribution is 0.0598. The van der Waals surface area contributed by atoms with E-state index in [1.807, 2.05) is 63.4 Å². The molecule has 1 unspecified atom stereocenters. The van der Waals surface area contributed by atoms with Crippen molar-refractivity contribution in [2.75, 3.05) is 18.0 Å². The van der Waals surface area contributed by atoms with Gasteiger partial charge in [0, 0.05) is 12.2 Å². The molecular weight excluding hydrogens is 338 g/mol. The first-order chi connectivity index (χ1) is 12.9. The van der Waals surface area contributed by atoms with Crippen LogP contribution in [0.2, 0.25) is 0 Å². The molecule has 1 fully saturated rings. The highest BCUT2D eigenvalue weighted by atomic mass is 16.6. The van der Waals surface area contributed by atoms with E-state index in [1.165, 1.54) is 16.9 Å². The Morgan fingerprint density at radius 1 is 1.22 bits per heavy atom. The van der Waals surface area contributed by atoms with E-state index in [0.29, 0.717) is 11.9 Å². The highest BCUT2D eigenvalue weighted by Crippen LogP contribution is 2.33. The molecule has 1 atom stereocenters. The predicted octanol–water partition coefficient (Wildman–Crippen LogP) is 5.31. The van der Waals surface area contributed by atoms with Crippen LogP contribution in [-0.4, -0.2) is 34.7 Å². The molecule has 1 aromatic carbocycles. The first-order valence-corrected chi connectivity index (χ1v) is 9.67. The van der Waals surface area contributed by atoms with Gasteiger partial charge < -0.3 is 4.74 Å². The lowest BCUT2D eigenvalue weighted by atomic mass is 10.1. The number of carbonyl (C=O) groups is 1. The number of hydrogen-bond donors (Lipinski definition) is 0. The van der Waals surface area contributed by atoms with E-state index >= 15 is 0 Å². The summed E-state index contributed by atoms with van der Waals surface area (Å²) >= 11 is 0. The number of likely N-dealkylation sites (tertiary alicyclic amines) is 1. The summed E-state index contributed by atoms with van der Waals surface area (Å²) in [6.45, 7) is 9.97. The zero-order chi connectivity index (χ0) is 19.4. The Labute approximate surface area is 162 Å². The Balaban J connectivity index is 1.89. The molecule has 3 rings (SSSR count). The van der Waals surface area contributed by atoms with E-state index < -0.39 is 11.7 Å². The van der Waals surface area contributed by atoms with Crippen molar-refractivity contribution in [3.05, 3.63) is 54.2 Å². The van der Waals surface area contributed by atoms with Gasteiger partial charge in [0.1, 0.15) is 11.4 Å². The van der Waals surface area contributed by atoms with Crippen molar-refractivity contribution in [1.29, 1.82) is 0 Å². The van der Waals surface area contributed by atoms with E-state index in [4.69, 9.17) is 4.74 Å². The second kappa shape index (κ2) is 8.09. The molecule has 2 heterocycles. The summed E-state index contributed by atoms with van der Waals surface area (Å²) in [4.78, 5) is 21.5. The van der Waals surface area contributed by atoms with Crippen LogP contribution in [0.1, 0.15) is 52.1 Å². The molecule has 0 saturated carbocycles. The molecule has 27 heavy (non-hydrogen) atoms. The monoisotopic (exact) mass is 367 g/mol. The number of ether oxygens (including phenoxy) is 1. The van der Waals surface area contributed by atoms with Crippen LogP contribution in [0.25, 0.3) is 0 Å². The summed E-state index contributed by atoms with van der Waals surface area (Å²) < 4.78 is 5.61. The van der Waals surface area contributed by atoms with E-state index in [9.17, 15) is 4.79 Å². The summed E-state index contributed by atoms with van der Waals surface area (Å²) in [5, 5.41) is 0. The molecule has 0 N–H and O–H groups in total. The lowest BCUT2D eigenvalue weighted by Gasteiger charge is -2.27. The third-order valence-electron chi connectivity index (χ3n) is 4.74. The number of pyridine rings is 1. The molecule has 1 aromatic heterocycles. The summed E-state index contributed by atoms with van der Waals surface area (Å²) in [7, 11) is 0. The van der Waals surface area contributed by atoms with Crippen molar-refractivity contribution in [2.24, 2.45) is 0 Å². The fourth-order valence-electron chi connectivity index (χ4n) is 3.52. The molecule has 1 aliphatic heterocycles. The van der Waals surface area contributed by atoms with Gasteiger partial charge in [-0.05, 0) is 70.5 Å². The topological polar surface area (TPSA) is 45.7 Å². The van der Waals surface area contributed by atoms with Gasteiger partial charge in [0.05, 0.1) is 5.69 Å². The second-order valence-electron chi connectivity index (χ2n) is 7.89. The van der Waals surface area contributed by atoms with Crippen molar-refractivity contribution >= 4 is 17.6 Å². The molecule has 2 aromatic rings. The normalized spacial score (nSPS) is 17.7. The van der Waals surface area contributed by atoms with Crippen LogP contribution in [0.5, 0.6) is 0 Å². The minimum absolute atomic E-state index is 0.420. The number of rotatable bonds is 4. The third kappa shape index (κ3) is 4.66. The molecule has 0 aliphatic carbocycles. The minimum Gasteiger partial charge on any atom is -0.443 e.